The molecule has 2 saturated heterocycles. The Labute approximate surface area is 219 Å². The molecule has 0 saturated carbocycles. The van der Waals surface area contributed by atoms with Gasteiger partial charge in [-0.3, -0.25) is 19.4 Å². The van der Waals surface area contributed by atoms with Crippen LogP contribution in [-0.4, -0.2) is 75.4 Å². The maximum Gasteiger partial charge on any atom is 0.246 e. The summed E-state index contributed by atoms with van der Waals surface area (Å²) in [4.78, 5) is 21.9. The topological polar surface area (TPSA) is 63.5 Å². The van der Waals surface area contributed by atoms with E-state index < -0.39 is 0 Å². The van der Waals surface area contributed by atoms with Crippen LogP contribution in [0.5, 0.6) is 0 Å². The van der Waals surface area contributed by atoms with Gasteiger partial charge in [0, 0.05) is 68.5 Å². The highest BCUT2D eigenvalue weighted by atomic mass is 16.5. The summed E-state index contributed by atoms with van der Waals surface area (Å²) in [6.45, 7) is 9.71. The van der Waals surface area contributed by atoms with Gasteiger partial charge in [0.1, 0.15) is 5.69 Å². The molecule has 194 valence electrons. The molecule has 0 N–H and O–H groups in total. The van der Waals surface area contributed by atoms with Crippen LogP contribution in [0.15, 0.2) is 67.1 Å². The smallest absolute Gasteiger partial charge is 0.246 e. The van der Waals surface area contributed by atoms with Crippen molar-refractivity contribution in [2.24, 2.45) is 5.92 Å². The molecular weight excluding hydrogens is 462 g/mol. The maximum atomic E-state index is 13.1. The fourth-order valence-corrected chi connectivity index (χ4v) is 5.54. The molecule has 2 aromatic heterocycles. The molecule has 3 aromatic rings. The lowest BCUT2D eigenvalue weighted by Crippen LogP contribution is -2.48. The Hall–Kier alpha value is -3.29. The van der Waals surface area contributed by atoms with E-state index in [1.165, 1.54) is 5.56 Å². The molecule has 2 unspecified atom stereocenters. The number of carbonyl (C=O) groups is 1. The zero-order valence-electron chi connectivity index (χ0n) is 21.9. The fourth-order valence-electron chi connectivity index (χ4n) is 5.54. The summed E-state index contributed by atoms with van der Waals surface area (Å²) >= 11 is 0. The summed E-state index contributed by atoms with van der Waals surface area (Å²) in [6.07, 6.45) is 11.9. The molecule has 4 heterocycles. The molecular formula is C30H37N5O2. The van der Waals surface area contributed by atoms with Crippen molar-refractivity contribution in [1.29, 1.82) is 0 Å². The minimum absolute atomic E-state index is 0.0695. The van der Waals surface area contributed by atoms with Gasteiger partial charge < -0.3 is 9.64 Å². The molecule has 0 bridgehead atoms. The summed E-state index contributed by atoms with van der Waals surface area (Å²) in [7, 11) is 0. The number of hydrogen-bond donors (Lipinski definition) is 0. The Morgan fingerprint density at radius 1 is 1.05 bits per heavy atom. The lowest BCUT2D eigenvalue weighted by atomic mass is 9.95. The fraction of sp³-hybridized carbons (Fsp3) is 0.433. The van der Waals surface area contributed by atoms with E-state index in [9.17, 15) is 4.79 Å². The normalized spacial score (nSPS) is 21.5. The molecule has 0 spiro atoms. The second kappa shape index (κ2) is 11.8. The minimum atomic E-state index is 0.0695. The van der Waals surface area contributed by atoms with Crippen molar-refractivity contribution in [3.8, 4) is 11.3 Å². The molecule has 2 aliphatic heterocycles. The molecule has 2 fully saturated rings. The van der Waals surface area contributed by atoms with E-state index in [0.717, 1.165) is 62.4 Å². The van der Waals surface area contributed by atoms with Crippen LogP contribution in [0.2, 0.25) is 0 Å². The number of hydrogen-bond acceptors (Lipinski definition) is 5. The molecule has 5 rings (SSSR count). The van der Waals surface area contributed by atoms with Crippen molar-refractivity contribution in [3.63, 3.8) is 0 Å². The first-order valence-corrected chi connectivity index (χ1v) is 13.4. The number of aromatic nitrogens is 3. The summed E-state index contributed by atoms with van der Waals surface area (Å²) in [6, 6.07) is 14.2. The largest absolute Gasteiger partial charge is 0.373 e. The number of nitrogens with zero attached hydrogens (tertiary/aromatic N) is 5. The quantitative estimate of drug-likeness (QED) is 0.452. The first-order chi connectivity index (χ1) is 18.0. The van der Waals surface area contributed by atoms with Crippen LogP contribution >= 0.6 is 0 Å². The lowest BCUT2D eigenvalue weighted by molar-refractivity contribution is -0.127. The Balaban J connectivity index is 1.22. The second-order valence-corrected chi connectivity index (χ2v) is 10.4. The number of ether oxygens (including phenoxy) is 1. The van der Waals surface area contributed by atoms with Gasteiger partial charge in [-0.15, -0.1) is 0 Å². The Morgan fingerprint density at radius 2 is 1.81 bits per heavy atom. The van der Waals surface area contributed by atoms with Gasteiger partial charge in [0.2, 0.25) is 5.91 Å². The SMILES string of the molecule is CC1CN(CC2CCN(C(=O)/C=C/c3cn(Cc4ccccc4)nc3-c3cccnc3)CC2)CC(C)O1. The summed E-state index contributed by atoms with van der Waals surface area (Å²) in [5.41, 5.74) is 3.87. The van der Waals surface area contributed by atoms with Crippen LogP contribution in [0, 0.1) is 5.92 Å². The molecule has 37 heavy (non-hydrogen) atoms. The van der Waals surface area contributed by atoms with Crippen LogP contribution in [-0.2, 0) is 16.1 Å². The predicted octanol–water partition coefficient (Wildman–Crippen LogP) is 4.35. The van der Waals surface area contributed by atoms with E-state index in [1.54, 1.807) is 12.3 Å². The number of morpholine rings is 1. The van der Waals surface area contributed by atoms with Gasteiger partial charge in [0.05, 0.1) is 18.8 Å². The number of carbonyl (C=O) groups excluding carboxylic acids is 1. The van der Waals surface area contributed by atoms with Gasteiger partial charge in [-0.2, -0.15) is 5.10 Å². The van der Waals surface area contributed by atoms with Crippen molar-refractivity contribution in [2.45, 2.75) is 45.4 Å². The molecule has 7 heteroatoms. The maximum absolute atomic E-state index is 13.1. The van der Waals surface area contributed by atoms with Gasteiger partial charge in [-0.25, -0.2) is 0 Å². The monoisotopic (exact) mass is 499 g/mol. The highest BCUT2D eigenvalue weighted by molar-refractivity contribution is 5.92. The van der Waals surface area contributed by atoms with Gasteiger partial charge in [0.25, 0.3) is 0 Å². The Kier molecular flexibility index (Phi) is 8.12. The van der Waals surface area contributed by atoms with E-state index in [-0.39, 0.29) is 5.91 Å². The van der Waals surface area contributed by atoms with Crippen molar-refractivity contribution >= 4 is 12.0 Å². The van der Waals surface area contributed by atoms with E-state index in [4.69, 9.17) is 9.84 Å². The second-order valence-electron chi connectivity index (χ2n) is 10.4. The number of benzene rings is 1. The van der Waals surface area contributed by atoms with Gasteiger partial charge in [0.15, 0.2) is 0 Å². The molecule has 1 aromatic carbocycles. The Bertz CT molecular complexity index is 1180. The highest BCUT2D eigenvalue weighted by Crippen LogP contribution is 2.24. The van der Waals surface area contributed by atoms with Crippen LogP contribution < -0.4 is 0 Å². The van der Waals surface area contributed by atoms with Crippen molar-refractivity contribution in [1.82, 2.24) is 24.6 Å². The third-order valence-corrected chi connectivity index (χ3v) is 7.26. The number of likely N-dealkylation sites (tertiary alicyclic amines) is 1. The highest BCUT2D eigenvalue weighted by Gasteiger charge is 2.27. The minimum Gasteiger partial charge on any atom is -0.373 e. The molecule has 1 amide bonds. The van der Waals surface area contributed by atoms with E-state index in [0.29, 0.717) is 24.7 Å². The van der Waals surface area contributed by atoms with Crippen molar-refractivity contribution in [2.75, 3.05) is 32.7 Å². The number of piperidine rings is 1. The molecule has 2 aliphatic rings. The Morgan fingerprint density at radius 3 is 2.51 bits per heavy atom. The van der Waals surface area contributed by atoms with E-state index in [2.05, 4.69) is 35.9 Å². The number of rotatable bonds is 7. The zero-order chi connectivity index (χ0) is 25.6. The third kappa shape index (κ3) is 6.73. The lowest BCUT2D eigenvalue weighted by Gasteiger charge is -2.39. The first-order valence-electron chi connectivity index (χ1n) is 13.4. The number of amides is 1. The van der Waals surface area contributed by atoms with Gasteiger partial charge in [-0.05, 0) is 56.4 Å². The summed E-state index contributed by atoms with van der Waals surface area (Å²) < 4.78 is 7.80. The van der Waals surface area contributed by atoms with Gasteiger partial charge in [-0.1, -0.05) is 30.3 Å². The van der Waals surface area contributed by atoms with Gasteiger partial charge >= 0.3 is 0 Å². The summed E-state index contributed by atoms with van der Waals surface area (Å²) in [5, 5.41) is 4.83. The van der Waals surface area contributed by atoms with Crippen molar-refractivity contribution in [3.05, 3.63) is 78.3 Å². The van der Waals surface area contributed by atoms with E-state index in [1.807, 2.05) is 58.4 Å². The van der Waals surface area contributed by atoms with E-state index >= 15 is 0 Å². The first kappa shape index (κ1) is 25.4. The molecule has 2 atom stereocenters. The third-order valence-electron chi connectivity index (χ3n) is 7.26. The standard InChI is InChI=1S/C30H37N5O2/c1-23-18-33(19-24(2)37-23)20-26-12-15-34(16-13-26)29(36)11-10-28-22-35(21-25-7-4-3-5-8-25)32-30(28)27-9-6-14-31-17-27/h3-11,14,17,22-24,26H,12-13,15-16,18-21H2,1-2H3/b11-10+. The van der Waals surface area contributed by atoms with Crippen LogP contribution in [0.3, 0.4) is 0 Å². The average molecular weight is 500 g/mol. The van der Waals surface area contributed by atoms with Crippen LogP contribution in [0.4, 0.5) is 0 Å². The predicted molar refractivity (Wildman–Crippen MR) is 146 cm³/mol. The van der Waals surface area contributed by atoms with Crippen LogP contribution in [0.1, 0.15) is 37.8 Å². The average Bonchev–Trinajstić information content (AvgIpc) is 3.30. The molecule has 0 radical (unpaired) electrons. The van der Waals surface area contributed by atoms with Crippen LogP contribution in [0.25, 0.3) is 17.3 Å². The number of pyridine rings is 1. The van der Waals surface area contributed by atoms with Crippen molar-refractivity contribution < 1.29 is 9.53 Å². The zero-order valence-corrected chi connectivity index (χ0v) is 21.9. The summed E-state index contributed by atoms with van der Waals surface area (Å²) in [5.74, 6) is 0.707. The molecule has 0 aliphatic carbocycles. The molecule has 7 nitrogen and oxygen atoms in total.